The molecular formula is C26H23NO3. The minimum Gasteiger partial charge on any atom is -0.455 e. The molecule has 30 heavy (non-hydrogen) atoms. The molecule has 0 atom stereocenters. The van der Waals surface area contributed by atoms with Crippen LogP contribution in [0.25, 0.3) is 22.3 Å². The summed E-state index contributed by atoms with van der Waals surface area (Å²) < 4.78 is 6.19. The monoisotopic (exact) mass is 397 g/mol. The minimum atomic E-state index is -0.185. The fraction of sp³-hybridized carbons (Fsp3) is 0.154. The Morgan fingerprint density at radius 2 is 1.60 bits per heavy atom. The Hall–Kier alpha value is -3.66. The molecule has 0 saturated heterocycles. The standard InChI is InChI=1S/C26H23NO3/c1-17-10-7-8-13-20(17)16-27(3)26(29)22-15-9-14-21-23(28)18(2)24(30-25(21)22)19-11-5-4-6-12-19/h4-15H,16H2,1-3H3. The summed E-state index contributed by atoms with van der Waals surface area (Å²) in [7, 11) is 1.76. The van der Waals surface area contributed by atoms with Gasteiger partial charge in [0.2, 0.25) is 0 Å². The van der Waals surface area contributed by atoms with E-state index in [2.05, 4.69) is 0 Å². The van der Waals surface area contributed by atoms with E-state index in [1.54, 1.807) is 37.1 Å². The fourth-order valence-electron chi connectivity index (χ4n) is 3.66. The second kappa shape index (κ2) is 7.99. The van der Waals surface area contributed by atoms with Crippen molar-refractivity contribution in [2.24, 2.45) is 0 Å². The Balaban J connectivity index is 1.81. The summed E-state index contributed by atoms with van der Waals surface area (Å²) in [5.41, 5.74) is 4.15. The van der Waals surface area contributed by atoms with E-state index in [4.69, 9.17) is 4.42 Å². The van der Waals surface area contributed by atoms with Crippen molar-refractivity contribution >= 4 is 16.9 Å². The molecule has 4 rings (SSSR count). The van der Waals surface area contributed by atoms with E-state index >= 15 is 0 Å². The quantitative estimate of drug-likeness (QED) is 0.466. The van der Waals surface area contributed by atoms with E-state index in [0.29, 0.717) is 34.4 Å². The van der Waals surface area contributed by atoms with Crippen LogP contribution in [0.15, 0.2) is 82.0 Å². The van der Waals surface area contributed by atoms with Crippen LogP contribution in [0, 0.1) is 13.8 Å². The maximum Gasteiger partial charge on any atom is 0.257 e. The first kappa shape index (κ1) is 19.6. The Morgan fingerprint density at radius 1 is 0.900 bits per heavy atom. The molecule has 3 aromatic carbocycles. The van der Waals surface area contributed by atoms with Crippen molar-refractivity contribution in [1.82, 2.24) is 4.90 Å². The van der Waals surface area contributed by atoms with Gasteiger partial charge in [-0.25, -0.2) is 0 Å². The first-order valence-electron chi connectivity index (χ1n) is 9.89. The summed E-state index contributed by atoms with van der Waals surface area (Å²) in [5.74, 6) is 0.310. The lowest BCUT2D eigenvalue weighted by atomic mass is 10.0. The molecule has 0 saturated carbocycles. The second-order valence-corrected chi connectivity index (χ2v) is 7.52. The lowest BCUT2D eigenvalue weighted by Gasteiger charge is -2.19. The summed E-state index contributed by atoms with van der Waals surface area (Å²) in [4.78, 5) is 28.0. The Bertz CT molecular complexity index is 1290. The molecule has 0 bridgehead atoms. The topological polar surface area (TPSA) is 50.5 Å². The smallest absolute Gasteiger partial charge is 0.257 e. The van der Waals surface area contributed by atoms with Gasteiger partial charge in [0.1, 0.15) is 5.76 Å². The highest BCUT2D eigenvalue weighted by molar-refractivity contribution is 6.05. The van der Waals surface area contributed by atoms with Crippen molar-refractivity contribution in [3.63, 3.8) is 0 Å². The highest BCUT2D eigenvalue weighted by Gasteiger charge is 2.21. The molecule has 1 amide bonds. The van der Waals surface area contributed by atoms with Crippen molar-refractivity contribution in [1.29, 1.82) is 0 Å². The molecule has 4 nitrogen and oxygen atoms in total. The van der Waals surface area contributed by atoms with Crippen LogP contribution < -0.4 is 5.43 Å². The predicted octanol–water partition coefficient (Wildman–Crippen LogP) is 5.35. The van der Waals surface area contributed by atoms with Gasteiger partial charge < -0.3 is 9.32 Å². The zero-order chi connectivity index (χ0) is 21.3. The molecule has 0 unspecified atom stereocenters. The number of fused-ring (bicyclic) bond motifs is 1. The summed E-state index contributed by atoms with van der Waals surface area (Å²) in [5, 5.41) is 0.419. The van der Waals surface area contributed by atoms with E-state index in [1.165, 1.54) is 0 Å². The SMILES string of the molecule is Cc1ccccc1CN(C)C(=O)c1cccc2c(=O)c(C)c(-c3ccccc3)oc12. The summed E-state index contributed by atoms with van der Waals surface area (Å²) >= 11 is 0. The number of amides is 1. The third kappa shape index (κ3) is 3.52. The minimum absolute atomic E-state index is 0.119. The fourth-order valence-corrected chi connectivity index (χ4v) is 3.66. The molecule has 1 heterocycles. The number of hydrogen-bond acceptors (Lipinski definition) is 3. The maximum absolute atomic E-state index is 13.3. The van der Waals surface area contributed by atoms with Crippen LogP contribution in [0.1, 0.15) is 27.0 Å². The van der Waals surface area contributed by atoms with Gasteiger partial charge in [-0.2, -0.15) is 0 Å². The largest absolute Gasteiger partial charge is 0.455 e. The molecule has 150 valence electrons. The molecule has 0 fully saturated rings. The predicted molar refractivity (Wildman–Crippen MR) is 120 cm³/mol. The summed E-state index contributed by atoms with van der Waals surface area (Å²) in [6.07, 6.45) is 0. The molecule has 0 radical (unpaired) electrons. The van der Waals surface area contributed by atoms with Crippen molar-refractivity contribution in [3.8, 4) is 11.3 Å². The van der Waals surface area contributed by atoms with E-state index in [9.17, 15) is 9.59 Å². The highest BCUT2D eigenvalue weighted by Crippen LogP contribution is 2.28. The van der Waals surface area contributed by atoms with Crippen LogP contribution in [0.3, 0.4) is 0 Å². The van der Waals surface area contributed by atoms with Crippen LogP contribution in [0.4, 0.5) is 0 Å². The van der Waals surface area contributed by atoms with Crippen molar-refractivity contribution in [2.75, 3.05) is 7.05 Å². The highest BCUT2D eigenvalue weighted by atomic mass is 16.3. The zero-order valence-electron chi connectivity index (χ0n) is 17.3. The van der Waals surface area contributed by atoms with Gasteiger partial charge in [-0.3, -0.25) is 9.59 Å². The number of rotatable bonds is 4. The van der Waals surface area contributed by atoms with Gasteiger partial charge in [-0.1, -0.05) is 60.7 Å². The van der Waals surface area contributed by atoms with Crippen molar-refractivity contribution in [3.05, 3.63) is 105 Å². The van der Waals surface area contributed by atoms with Gasteiger partial charge >= 0.3 is 0 Å². The molecule has 0 N–H and O–H groups in total. The van der Waals surface area contributed by atoms with Gasteiger partial charge in [0.05, 0.1) is 10.9 Å². The average Bonchev–Trinajstić information content (AvgIpc) is 2.77. The lowest BCUT2D eigenvalue weighted by Crippen LogP contribution is -2.27. The van der Waals surface area contributed by atoms with Gasteiger partial charge in [0, 0.05) is 24.7 Å². The maximum atomic E-state index is 13.3. The zero-order valence-corrected chi connectivity index (χ0v) is 17.3. The molecule has 0 spiro atoms. The first-order valence-corrected chi connectivity index (χ1v) is 9.89. The van der Waals surface area contributed by atoms with E-state index in [0.717, 1.165) is 16.7 Å². The van der Waals surface area contributed by atoms with Crippen LogP contribution in [-0.4, -0.2) is 17.9 Å². The van der Waals surface area contributed by atoms with Crippen LogP contribution >= 0.6 is 0 Å². The molecule has 0 aliphatic carbocycles. The molecule has 1 aromatic heterocycles. The lowest BCUT2D eigenvalue weighted by molar-refractivity contribution is 0.0785. The van der Waals surface area contributed by atoms with Crippen LogP contribution in [0.2, 0.25) is 0 Å². The number of nitrogens with zero attached hydrogens (tertiary/aromatic N) is 1. The van der Waals surface area contributed by atoms with Crippen molar-refractivity contribution in [2.45, 2.75) is 20.4 Å². The van der Waals surface area contributed by atoms with E-state index in [-0.39, 0.29) is 11.3 Å². The summed E-state index contributed by atoms with van der Waals surface area (Å²) in [6.45, 7) is 4.26. The van der Waals surface area contributed by atoms with Crippen LogP contribution in [0.5, 0.6) is 0 Å². The molecule has 4 heteroatoms. The molecule has 4 aromatic rings. The Morgan fingerprint density at radius 3 is 2.33 bits per heavy atom. The van der Waals surface area contributed by atoms with E-state index in [1.807, 2.05) is 61.5 Å². The third-order valence-electron chi connectivity index (χ3n) is 5.43. The number of aryl methyl sites for hydroxylation is 1. The van der Waals surface area contributed by atoms with Gasteiger partial charge in [0.25, 0.3) is 5.91 Å². The second-order valence-electron chi connectivity index (χ2n) is 7.52. The van der Waals surface area contributed by atoms with Gasteiger partial charge in [0.15, 0.2) is 11.0 Å². The molecule has 0 aliphatic rings. The third-order valence-corrected chi connectivity index (χ3v) is 5.43. The Kier molecular flexibility index (Phi) is 5.23. The van der Waals surface area contributed by atoms with Gasteiger partial charge in [-0.05, 0) is 37.1 Å². The number of carbonyl (C=O) groups is 1. The molecular weight excluding hydrogens is 374 g/mol. The summed E-state index contributed by atoms with van der Waals surface area (Å²) in [6, 6.07) is 22.6. The number of benzene rings is 3. The Labute approximate surface area is 175 Å². The number of hydrogen-bond donors (Lipinski definition) is 0. The van der Waals surface area contributed by atoms with Crippen molar-refractivity contribution < 1.29 is 9.21 Å². The molecule has 0 aliphatic heterocycles. The first-order chi connectivity index (χ1) is 14.5. The average molecular weight is 397 g/mol. The van der Waals surface area contributed by atoms with Crippen LogP contribution in [-0.2, 0) is 6.54 Å². The number of para-hydroxylation sites is 1. The number of carbonyl (C=O) groups excluding carboxylic acids is 1. The van der Waals surface area contributed by atoms with Gasteiger partial charge in [-0.15, -0.1) is 0 Å². The van der Waals surface area contributed by atoms with E-state index < -0.39 is 0 Å². The normalized spacial score (nSPS) is 10.9.